The van der Waals surface area contributed by atoms with E-state index in [1.807, 2.05) is 61.5 Å². The smallest absolute Gasteiger partial charge is 0.241 e. The van der Waals surface area contributed by atoms with E-state index in [2.05, 4.69) is 5.32 Å². The number of nitrogens with two attached hydrogens (primary N) is 1. The summed E-state index contributed by atoms with van der Waals surface area (Å²) in [6.07, 6.45) is 0.465. The lowest BCUT2D eigenvalue weighted by atomic mass is 10.2. The van der Waals surface area contributed by atoms with Crippen LogP contribution < -0.4 is 15.8 Å². The van der Waals surface area contributed by atoms with Crippen molar-refractivity contribution in [2.75, 3.05) is 11.9 Å². The molecule has 0 fully saturated rings. The highest BCUT2D eigenvalue weighted by molar-refractivity contribution is 5.94. The van der Waals surface area contributed by atoms with E-state index in [0.29, 0.717) is 13.0 Å². The predicted octanol–water partition coefficient (Wildman–Crippen LogP) is 2.73. The lowest BCUT2D eigenvalue weighted by Crippen LogP contribution is -2.36. The Bertz CT molecular complexity index is 584. The highest BCUT2D eigenvalue weighted by Crippen LogP contribution is 2.16. The number of amides is 1. The molecule has 1 amide bonds. The number of hydrogen-bond acceptors (Lipinski definition) is 3. The molecule has 2 aromatic carbocycles. The van der Waals surface area contributed by atoms with Crippen LogP contribution in [-0.4, -0.2) is 18.6 Å². The highest BCUT2D eigenvalue weighted by Gasteiger charge is 2.13. The average Bonchev–Trinajstić information content (AvgIpc) is 2.50. The fourth-order valence-corrected chi connectivity index (χ4v) is 1.90. The zero-order chi connectivity index (χ0) is 15.1. The van der Waals surface area contributed by atoms with Gasteiger partial charge in [-0.25, -0.2) is 0 Å². The van der Waals surface area contributed by atoms with Crippen LogP contribution in [-0.2, 0) is 4.79 Å². The van der Waals surface area contributed by atoms with Crippen molar-refractivity contribution >= 4 is 11.6 Å². The number of carbonyl (C=O) groups excluding carboxylic acids is 1. The third-order valence-corrected chi connectivity index (χ3v) is 3.16. The van der Waals surface area contributed by atoms with E-state index in [9.17, 15) is 4.79 Å². The van der Waals surface area contributed by atoms with Crippen molar-refractivity contribution in [3.05, 3.63) is 60.2 Å². The Hall–Kier alpha value is -2.33. The SMILES string of the molecule is Cc1ccccc1OCCC(N)C(=O)Nc1ccccc1. The van der Waals surface area contributed by atoms with E-state index in [1.165, 1.54) is 0 Å². The van der Waals surface area contributed by atoms with Gasteiger partial charge in [0.05, 0.1) is 12.6 Å². The third-order valence-electron chi connectivity index (χ3n) is 3.16. The third kappa shape index (κ3) is 4.61. The monoisotopic (exact) mass is 284 g/mol. The van der Waals surface area contributed by atoms with Crippen molar-refractivity contribution in [1.82, 2.24) is 0 Å². The molecule has 1 unspecified atom stereocenters. The molecule has 0 aliphatic carbocycles. The standard InChI is InChI=1S/C17H20N2O2/c1-13-7-5-6-10-16(13)21-12-11-15(18)17(20)19-14-8-3-2-4-9-14/h2-10,15H,11-12,18H2,1H3,(H,19,20). The van der Waals surface area contributed by atoms with Gasteiger partial charge >= 0.3 is 0 Å². The molecular weight excluding hydrogens is 264 g/mol. The maximum atomic E-state index is 11.9. The van der Waals surface area contributed by atoms with E-state index in [1.54, 1.807) is 0 Å². The minimum absolute atomic E-state index is 0.199. The molecule has 0 saturated carbocycles. The van der Waals surface area contributed by atoms with E-state index >= 15 is 0 Å². The van der Waals surface area contributed by atoms with Crippen LogP contribution >= 0.6 is 0 Å². The number of carbonyl (C=O) groups is 1. The number of aryl methyl sites for hydroxylation is 1. The Morgan fingerprint density at radius 1 is 1.14 bits per heavy atom. The highest BCUT2D eigenvalue weighted by atomic mass is 16.5. The fourth-order valence-electron chi connectivity index (χ4n) is 1.90. The number of anilines is 1. The normalized spacial score (nSPS) is 11.7. The first-order valence-corrected chi connectivity index (χ1v) is 6.97. The van der Waals surface area contributed by atoms with Gasteiger partial charge in [0.2, 0.25) is 5.91 Å². The molecule has 1 atom stereocenters. The quantitative estimate of drug-likeness (QED) is 0.857. The summed E-state index contributed by atoms with van der Waals surface area (Å²) in [5.41, 5.74) is 7.69. The van der Waals surface area contributed by atoms with Crippen LogP contribution in [0.1, 0.15) is 12.0 Å². The zero-order valence-corrected chi connectivity index (χ0v) is 12.1. The van der Waals surface area contributed by atoms with Gasteiger partial charge in [0.15, 0.2) is 0 Å². The van der Waals surface area contributed by atoms with E-state index < -0.39 is 6.04 Å². The van der Waals surface area contributed by atoms with Crippen LogP contribution in [0.4, 0.5) is 5.69 Å². The average molecular weight is 284 g/mol. The number of ether oxygens (including phenoxy) is 1. The van der Waals surface area contributed by atoms with Crippen molar-refractivity contribution in [2.24, 2.45) is 5.73 Å². The molecule has 110 valence electrons. The lowest BCUT2D eigenvalue weighted by Gasteiger charge is -2.13. The number of rotatable bonds is 6. The molecule has 2 aromatic rings. The number of benzene rings is 2. The Labute approximate surface area is 124 Å². The molecule has 0 aliphatic heterocycles. The van der Waals surface area contributed by atoms with Crippen molar-refractivity contribution in [3.8, 4) is 5.75 Å². The van der Waals surface area contributed by atoms with E-state index in [0.717, 1.165) is 17.0 Å². The van der Waals surface area contributed by atoms with Crippen molar-refractivity contribution in [2.45, 2.75) is 19.4 Å². The second-order valence-electron chi connectivity index (χ2n) is 4.86. The molecule has 0 radical (unpaired) electrons. The Kier molecular flexibility index (Phi) is 5.35. The van der Waals surface area contributed by atoms with Gasteiger partial charge < -0.3 is 15.8 Å². The number of para-hydroxylation sites is 2. The summed E-state index contributed by atoms with van der Waals surface area (Å²) in [4.78, 5) is 11.9. The number of nitrogens with one attached hydrogen (secondary N) is 1. The molecule has 0 bridgehead atoms. The van der Waals surface area contributed by atoms with Gasteiger partial charge in [-0.05, 0) is 30.7 Å². The Morgan fingerprint density at radius 2 is 1.81 bits per heavy atom. The summed E-state index contributed by atoms with van der Waals surface area (Å²) >= 11 is 0. The molecule has 0 heterocycles. The zero-order valence-electron chi connectivity index (χ0n) is 12.1. The number of hydrogen-bond donors (Lipinski definition) is 2. The largest absolute Gasteiger partial charge is 0.493 e. The Morgan fingerprint density at radius 3 is 2.52 bits per heavy atom. The first kappa shape index (κ1) is 15.1. The molecule has 4 nitrogen and oxygen atoms in total. The van der Waals surface area contributed by atoms with Gasteiger partial charge in [0, 0.05) is 12.1 Å². The molecule has 0 spiro atoms. The van der Waals surface area contributed by atoms with E-state index in [-0.39, 0.29) is 5.91 Å². The van der Waals surface area contributed by atoms with E-state index in [4.69, 9.17) is 10.5 Å². The minimum atomic E-state index is -0.589. The maximum Gasteiger partial charge on any atom is 0.241 e. The van der Waals surface area contributed by atoms with Gasteiger partial charge in [-0.2, -0.15) is 0 Å². The topological polar surface area (TPSA) is 64.3 Å². The summed E-state index contributed by atoms with van der Waals surface area (Å²) in [7, 11) is 0. The van der Waals surface area contributed by atoms with Gasteiger partial charge in [-0.15, -0.1) is 0 Å². The molecule has 0 aliphatic rings. The first-order valence-electron chi connectivity index (χ1n) is 6.97. The second-order valence-corrected chi connectivity index (χ2v) is 4.86. The van der Waals surface area contributed by atoms with Gasteiger partial charge in [0.1, 0.15) is 5.75 Å². The van der Waals surface area contributed by atoms with Gasteiger partial charge in [0.25, 0.3) is 0 Å². The molecular formula is C17H20N2O2. The van der Waals surface area contributed by atoms with Crippen molar-refractivity contribution in [1.29, 1.82) is 0 Å². The first-order chi connectivity index (χ1) is 10.2. The fraction of sp³-hybridized carbons (Fsp3) is 0.235. The molecule has 4 heteroatoms. The van der Waals surface area contributed by atoms with Gasteiger partial charge in [-0.3, -0.25) is 4.79 Å². The van der Waals surface area contributed by atoms with Crippen molar-refractivity contribution < 1.29 is 9.53 Å². The molecule has 0 saturated heterocycles. The molecule has 3 N–H and O–H groups in total. The molecule has 0 aromatic heterocycles. The Balaban J connectivity index is 1.78. The maximum absolute atomic E-state index is 11.9. The summed E-state index contributed by atoms with van der Waals surface area (Å²) in [5, 5.41) is 2.78. The van der Waals surface area contributed by atoms with Crippen LogP contribution in [0.25, 0.3) is 0 Å². The van der Waals surface area contributed by atoms with Crippen molar-refractivity contribution in [3.63, 3.8) is 0 Å². The van der Waals surface area contributed by atoms with Gasteiger partial charge in [-0.1, -0.05) is 36.4 Å². The minimum Gasteiger partial charge on any atom is -0.493 e. The van der Waals surface area contributed by atoms with Crippen LogP contribution in [0.3, 0.4) is 0 Å². The van der Waals surface area contributed by atoms with Crippen LogP contribution in [0, 0.1) is 6.92 Å². The molecule has 21 heavy (non-hydrogen) atoms. The van der Waals surface area contributed by atoms with Crippen LogP contribution in [0.2, 0.25) is 0 Å². The summed E-state index contributed by atoms with van der Waals surface area (Å²) < 4.78 is 5.65. The molecule has 2 rings (SSSR count). The summed E-state index contributed by atoms with van der Waals surface area (Å²) in [6, 6.07) is 16.5. The lowest BCUT2D eigenvalue weighted by molar-refractivity contribution is -0.117. The predicted molar refractivity (Wildman–Crippen MR) is 84.3 cm³/mol. The van der Waals surface area contributed by atoms with Crippen LogP contribution in [0.15, 0.2) is 54.6 Å². The van der Waals surface area contributed by atoms with Crippen LogP contribution in [0.5, 0.6) is 5.75 Å². The second kappa shape index (κ2) is 7.45. The summed E-state index contributed by atoms with van der Waals surface area (Å²) in [5.74, 6) is 0.628. The summed E-state index contributed by atoms with van der Waals surface area (Å²) in [6.45, 7) is 2.39.